The number of methoxy groups -OCH3 is 1. The van der Waals surface area contributed by atoms with Gasteiger partial charge >= 0.3 is 17.7 Å². The van der Waals surface area contributed by atoms with Crippen molar-refractivity contribution in [2.24, 2.45) is 11.7 Å². The van der Waals surface area contributed by atoms with Crippen LogP contribution in [0.1, 0.15) is 37.3 Å². The van der Waals surface area contributed by atoms with E-state index in [1.807, 2.05) is 36.6 Å². The topological polar surface area (TPSA) is 108 Å². The first-order chi connectivity index (χ1) is 17.8. The zero-order valence-corrected chi connectivity index (χ0v) is 24.0. The first-order valence-electron chi connectivity index (χ1n) is 12.1. The molecule has 10 heteroatoms. The Kier molecular flexibility index (Phi) is 13.4. The Morgan fingerprint density at radius 3 is 2.19 bits per heavy atom. The number of amides is 1. The molecular formula is C27H36N2O5S3. The molecule has 0 spiro atoms. The van der Waals surface area contributed by atoms with Crippen molar-refractivity contribution >= 4 is 52.1 Å². The number of carbonyl (C=O) groups is 3. The highest BCUT2D eigenvalue weighted by molar-refractivity contribution is 8.69. The molecule has 4 atom stereocenters. The molecule has 0 aliphatic carbocycles. The third-order valence-corrected chi connectivity index (χ3v) is 8.97. The van der Waals surface area contributed by atoms with Gasteiger partial charge in [-0.05, 0) is 37.6 Å². The van der Waals surface area contributed by atoms with E-state index in [9.17, 15) is 14.4 Å². The van der Waals surface area contributed by atoms with Crippen LogP contribution in [0.5, 0.6) is 0 Å². The van der Waals surface area contributed by atoms with Crippen LogP contribution in [0.15, 0.2) is 60.7 Å². The van der Waals surface area contributed by atoms with Crippen molar-refractivity contribution in [3.8, 4) is 0 Å². The molecule has 2 aromatic rings. The highest BCUT2D eigenvalue weighted by atomic mass is 33.1. The fourth-order valence-electron chi connectivity index (χ4n) is 4.05. The van der Waals surface area contributed by atoms with Crippen LogP contribution >= 0.6 is 34.2 Å². The van der Waals surface area contributed by atoms with E-state index in [4.69, 9.17) is 15.2 Å². The average molecular weight is 565 g/mol. The van der Waals surface area contributed by atoms with Crippen molar-refractivity contribution in [3.05, 3.63) is 71.8 Å². The molecule has 1 amide bonds. The van der Waals surface area contributed by atoms with E-state index in [0.29, 0.717) is 24.9 Å². The summed E-state index contributed by atoms with van der Waals surface area (Å²) < 4.78 is 10.7. The summed E-state index contributed by atoms with van der Waals surface area (Å²) in [5.41, 5.74) is 4.99. The minimum atomic E-state index is -2.12. The van der Waals surface area contributed by atoms with Crippen molar-refractivity contribution in [3.63, 3.8) is 0 Å². The van der Waals surface area contributed by atoms with Gasteiger partial charge in [-0.1, -0.05) is 78.4 Å². The van der Waals surface area contributed by atoms with Gasteiger partial charge in [0.1, 0.15) is 0 Å². The molecule has 7 nitrogen and oxygen atoms in total. The van der Waals surface area contributed by atoms with Gasteiger partial charge in [0.15, 0.2) is 0 Å². The zero-order chi connectivity index (χ0) is 27.3. The molecule has 4 unspecified atom stereocenters. The van der Waals surface area contributed by atoms with Gasteiger partial charge in [0.2, 0.25) is 5.91 Å². The summed E-state index contributed by atoms with van der Waals surface area (Å²) in [4.78, 5) is 39.6. The third-order valence-electron chi connectivity index (χ3n) is 6.02. The van der Waals surface area contributed by atoms with Crippen molar-refractivity contribution < 1.29 is 23.9 Å². The molecule has 0 aromatic heterocycles. The van der Waals surface area contributed by atoms with Gasteiger partial charge in [-0.3, -0.25) is 9.59 Å². The van der Waals surface area contributed by atoms with Crippen molar-refractivity contribution in [1.82, 2.24) is 5.32 Å². The van der Waals surface area contributed by atoms with E-state index in [-0.39, 0.29) is 16.9 Å². The highest BCUT2D eigenvalue weighted by Gasteiger charge is 2.48. The van der Waals surface area contributed by atoms with Crippen molar-refractivity contribution in [2.45, 2.75) is 48.8 Å². The lowest BCUT2D eigenvalue weighted by Gasteiger charge is -2.34. The Balaban J connectivity index is 2.51. The molecule has 2 rings (SSSR count). The number of nitrogens with one attached hydrogen (secondary N) is 1. The predicted molar refractivity (Wildman–Crippen MR) is 154 cm³/mol. The summed E-state index contributed by atoms with van der Waals surface area (Å²) in [6.07, 6.45) is 3.72. The minimum absolute atomic E-state index is 0.0156. The molecule has 202 valence electrons. The monoisotopic (exact) mass is 564 g/mol. The van der Waals surface area contributed by atoms with Gasteiger partial charge in [-0.15, -0.1) is 11.7 Å². The van der Waals surface area contributed by atoms with Crippen molar-refractivity contribution in [1.29, 1.82) is 0 Å². The van der Waals surface area contributed by atoms with Gasteiger partial charge in [0, 0.05) is 28.4 Å². The molecule has 3 N–H and O–H groups in total. The summed E-state index contributed by atoms with van der Waals surface area (Å²) in [6, 6.07) is 18.1. The molecule has 0 radical (unpaired) electrons. The van der Waals surface area contributed by atoms with Crippen LogP contribution in [0.4, 0.5) is 0 Å². The number of carbonyl (C=O) groups excluding carboxylic acids is 3. The Hall–Kier alpha value is -2.14. The number of nitrogens with two attached hydrogens (primary N) is 1. The van der Waals surface area contributed by atoms with Crippen LogP contribution in [0.25, 0.3) is 0 Å². The molecule has 0 saturated heterocycles. The van der Waals surface area contributed by atoms with Crippen LogP contribution in [0, 0.1) is 5.92 Å². The fourth-order valence-corrected chi connectivity index (χ4v) is 6.87. The fraction of sp³-hybridized carbons (Fsp3) is 0.444. The average Bonchev–Trinajstić information content (AvgIpc) is 2.94. The molecule has 2 aromatic carbocycles. The largest absolute Gasteiger partial charge is 0.464 e. The second kappa shape index (κ2) is 16.0. The van der Waals surface area contributed by atoms with Gasteiger partial charge in [0.05, 0.1) is 7.11 Å². The second-order valence-electron chi connectivity index (χ2n) is 8.47. The lowest BCUT2D eigenvalue weighted by Crippen LogP contribution is -2.57. The number of benzene rings is 2. The van der Waals surface area contributed by atoms with E-state index in [1.54, 1.807) is 49.0 Å². The SMILES string of the molecule is CCC(=O)OC(NC(=O)C(Cc1ccccc1)CC(SS)C(CCN)SC)(C(=O)OC)c1ccccc1. The summed E-state index contributed by atoms with van der Waals surface area (Å²) in [5, 5.41) is 2.99. The van der Waals surface area contributed by atoms with Crippen LogP contribution in [0.3, 0.4) is 0 Å². The third kappa shape index (κ3) is 8.70. The number of ether oxygens (including phenoxy) is 2. The molecule has 37 heavy (non-hydrogen) atoms. The van der Waals surface area contributed by atoms with Gasteiger partial charge in [-0.2, -0.15) is 11.8 Å². The van der Waals surface area contributed by atoms with E-state index in [2.05, 4.69) is 17.0 Å². The lowest BCUT2D eigenvalue weighted by molar-refractivity contribution is -0.189. The quantitative estimate of drug-likeness (QED) is 0.127. The zero-order valence-electron chi connectivity index (χ0n) is 21.4. The summed E-state index contributed by atoms with van der Waals surface area (Å²) in [7, 11) is 2.59. The standard InChI is InChI=1S/C27H36N2O5S3/c1-4-24(30)34-27(26(32)33-2,21-13-9-6-10-14-21)29-25(31)20(17-19-11-7-5-8-12-19)18-23(37-35)22(36-3)15-16-28/h5-14,20,22-23,35H,4,15-18,28H2,1-3H3,(H,29,31). The summed E-state index contributed by atoms with van der Waals surface area (Å²) in [5.74, 6) is -2.52. The molecule has 0 bridgehead atoms. The second-order valence-corrected chi connectivity index (χ2v) is 11.0. The number of rotatable bonds is 15. The minimum Gasteiger partial charge on any atom is -0.464 e. The van der Waals surface area contributed by atoms with Crippen LogP contribution in [0.2, 0.25) is 0 Å². The van der Waals surface area contributed by atoms with Gasteiger partial charge in [-0.25, -0.2) is 4.79 Å². The van der Waals surface area contributed by atoms with Gasteiger partial charge in [0.25, 0.3) is 0 Å². The van der Waals surface area contributed by atoms with Crippen LogP contribution in [-0.2, 0) is 36.0 Å². The Morgan fingerprint density at radius 2 is 1.68 bits per heavy atom. The molecule has 0 fully saturated rings. The predicted octanol–water partition coefficient (Wildman–Crippen LogP) is 4.36. The maximum Gasteiger partial charge on any atom is 0.377 e. The van der Waals surface area contributed by atoms with Gasteiger partial charge < -0.3 is 20.5 Å². The lowest BCUT2D eigenvalue weighted by atomic mass is 9.91. The Morgan fingerprint density at radius 1 is 1.05 bits per heavy atom. The molecular weight excluding hydrogens is 529 g/mol. The summed E-state index contributed by atoms with van der Waals surface area (Å²) >= 11 is 6.20. The first-order valence-corrected chi connectivity index (χ1v) is 15.3. The molecule has 0 heterocycles. The van der Waals surface area contributed by atoms with Crippen molar-refractivity contribution in [2.75, 3.05) is 19.9 Å². The van der Waals surface area contributed by atoms with E-state index in [1.165, 1.54) is 17.9 Å². The molecule has 0 aliphatic heterocycles. The number of hydrogen-bond acceptors (Lipinski definition) is 9. The summed E-state index contributed by atoms with van der Waals surface area (Å²) in [6.45, 7) is 2.14. The highest BCUT2D eigenvalue weighted by Crippen LogP contribution is 2.34. The van der Waals surface area contributed by atoms with Crippen LogP contribution in [-0.4, -0.2) is 48.3 Å². The van der Waals surface area contributed by atoms with E-state index in [0.717, 1.165) is 12.0 Å². The normalized spacial score (nSPS) is 15.1. The van der Waals surface area contributed by atoms with E-state index < -0.39 is 29.5 Å². The maximum atomic E-state index is 14.0. The molecule has 0 saturated carbocycles. The Labute approximate surface area is 232 Å². The van der Waals surface area contributed by atoms with Crippen LogP contribution < -0.4 is 11.1 Å². The number of thiol groups is 1. The molecule has 0 aliphatic rings. The number of hydrogen-bond donors (Lipinski definition) is 3. The van der Waals surface area contributed by atoms with E-state index >= 15 is 0 Å². The smallest absolute Gasteiger partial charge is 0.377 e. The first kappa shape index (κ1) is 31.1. The number of thioether (sulfide) groups is 1. The number of esters is 2. The maximum absolute atomic E-state index is 14.0. The Bertz CT molecular complexity index is 996.